The SMILES string of the molecule is ClCC(Nc1ncncc1Br)c1ccccc1. The zero-order chi connectivity index (χ0) is 12.1. The van der Waals surface area contributed by atoms with Gasteiger partial charge in [0.1, 0.15) is 12.1 Å². The predicted octanol–water partition coefficient (Wildman–Crippen LogP) is 3.63. The van der Waals surface area contributed by atoms with E-state index in [4.69, 9.17) is 11.6 Å². The lowest BCUT2D eigenvalue weighted by Crippen LogP contribution is -2.13. The maximum absolute atomic E-state index is 5.98. The summed E-state index contributed by atoms with van der Waals surface area (Å²) >= 11 is 9.38. The van der Waals surface area contributed by atoms with Crippen molar-refractivity contribution in [3.05, 3.63) is 52.9 Å². The number of aromatic nitrogens is 2. The predicted molar refractivity (Wildman–Crippen MR) is 73.3 cm³/mol. The van der Waals surface area contributed by atoms with E-state index < -0.39 is 0 Å². The van der Waals surface area contributed by atoms with Crippen LogP contribution in [0.25, 0.3) is 0 Å². The molecule has 0 aliphatic heterocycles. The van der Waals surface area contributed by atoms with E-state index in [-0.39, 0.29) is 6.04 Å². The first-order chi connectivity index (χ1) is 8.31. The largest absolute Gasteiger partial charge is 0.361 e. The Morgan fingerprint density at radius 1 is 1.29 bits per heavy atom. The molecule has 0 spiro atoms. The number of anilines is 1. The zero-order valence-electron chi connectivity index (χ0n) is 8.98. The summed E-state index contributed by atoms with van der Waals surface area (Å²) in [6.07, 6.45) is 3.20. The molecule has 5 heteroatoms. The Balaban J connectivity index is 2.19. The molecule has 2 aromatic rings. The molecule has 1 unspecified atom stereocenters. The number of hydrogen-bond acceptors (Lipinski definition) is 3. The highest BCUT2D eigenvalue weighted by atomic mass is 79.9. The molecule has 1 aromatic carbocycles. The standard InChI is InChI=1S/C12H11BrClN3/c13-10-7-15-8-16-12(10)17-11(6-14)9-4-2-1-3-5-9/h1-5,7-8,11H,6H2,(H,15,16,17). The van der Waals surface area contributed by atoms with Crippen molar-refractivity contribution in [1.29, 1.82) is 0 Å². The van der Waals surface area contributed by atoms with Gasteiger partial charge in [-0.3, -0.25) is 0 Å². The van der Waals surface area contributed by atoms with Gasteiger partial charge >= 0.3 is 0 Å². The normalized spacial score (nSPS) is 12.1. The van der Waals surface area contributed by atoms with Gasteiger partial charge in [-0.25, -0.2) is 9.97 Å². The lowest BCUT2D eigenvalue weighted by molar-refractivity contribution is 0.877. The number of nitrogens with one attached hydrogen (secondary N) is 1. The zero-order valence-corrected chi connectivity index (χ0v) is 11.3. The molecule has 3 nitrogen and oxygen atoms in total. The van der Waals surface area contributed by atoms with E-state index >= 15 is 0 Å². The highest BCUT2D eigenvalue weighted by molar-refractivity contribution is 9.10. The van der Waals surface area contributed by atoms with Crippen LogP contribution in [0.15, 0.2) is 47.3 Å². The maximum atomic E-state index is 5.98. The smallest absolute Gasteiger partial charge is 0.144 e. The average Bonchev–Trinajstić information content (AvgIpc) is 2.39. The summed E-state index contributed by atoms with van der Waals surface area (Å²) in [6, 6.07) is 10.1. The van der Waals surface area contributed by atoms with Gasteiger partial charge < -0.3 is 5.32 Å². The summed E-state index contributed by atoms with van der Waals surface area (Å²) in [7, 11) is 0. The molecule has 1 heterocycles. The fourth-order valence-corrected chi connectivity index (χ4v) is 2.07. The molecule has 1 aromatic heterocycles. The maximum Gasteiger partial charge on any atom is 0.144 e. The molecule has 17 heavy (non-hydrogen) atoms. The molecule has 2 rings (SSSR count). The van der Waals surface area contributed by atoms with Crippen molar-refractivity contribution >= 4 is 33.3 Å². The number of rotatable bonds is 4. The van der Waals surface area contributed by atoms with Crippen LogP contribution < -0.4 is 5.32 Å². The van der Waals surface area contributed by atoms with Crippen molar-refractivity contribution in [2.45, 2.75) is 6.04 Å². The quantitative estimate of drug-likeness (QED) is 0.876. The van der Waals surface area contributed by atoms with Gasteiger partial charge in [0.25, 0.3) is 0 Å². The third-order valence-electron chi connectivity index (χ3n) is 2.33. The molecular formula is C12H11BrClN3. The van der Waals surface area contributed by atoms with Crippen LogP contribution in [-0.2, 0) is 0 Å². The number of halogens is 2. The van der Waals surface area contributed by atoms with Crippen LogP contribution in [0.4, 0.5) is 5.82 Å². The van der Waals surface area contributed by atoms with Gasteiger partial charge in [-0.1, -0.05) is 30.3 Å². The molecule has 0 fully saturated rings. The molecular weight excluding hydrogens is 302 g/mol. The van der Waals surface area contributed by atoms with Crippen molar-refractivity contribution in [1.82, 2.24) is 9.97 Å². The van der Waals surface area contributed by atoms with Gasteiger partial charge in [0.2, 0.25) is 0 Å². The average molecular weight is 313 g/mol. The van der Waals surface area contributed by atoms with Crippen LogP contribution in [0.3, 0.4) is 0 Å². The fourth-order valence-electron chi connectivity index (χ4n) is 1.48. The van der Waals surface area contributed by atoms with Gasteiger partial charge in [0, 0.05) is 12.1 Å². The second-order valence-electron chi connectivity index (χ2n) is 3.48. The van der Waals surface area contributed by atoms with E-state index in [2.05, 4.69) is 31.2 Å². The van der Waals surface area contributed by atoms with Crippen LogP contribution in [0.5, 0.6) is 0 Å². The van der Waals surface area contributed by atoms with Gasteiger partial charge in [-0.2, -0.15) is 0 Å². The van der Waals surface area contributed by atoms with Crippen molar-refractivity contribution in [2.24, 2.45) is 0 Å². The Labute approximate surface area is 113 Å². The Hall–Kier alpha value is -1.13. The Bertz CT molecular complexity index is 478. The molecule has 0 aliphatic carbocycles. The minimum absolute atomic E-state index is 0.0315. The van der Waals surface area contributed by atoms with Gasteiger partial charge in [-0.05, 0) is 21.5 Å². The molecule has 1 N–H and O–H groups in total. The first-order valence-electron chi connectivity index (χ1n) is 5.14. The minimum atomic E-state index is 0.0315. The van der Waals surface area contributed by atoms with Crippen LogP contribution in [0.2, 0.25) is 0 Å². The number of hydrogen-bond donors (Lipinski definition) is 1. The van der Waals surface area contributed by atoms with Crippen molar-refractivity contribution < 1.29 is 0 Å². The van der Waals surface area contributed by atoms with E-state index in [1.807, 2.05) is 30.3 Å². The molecule has 0 amide bonds. The highest BCUT2D eigenvalue weighted by Crippen LogP contribution is 2.24. The first kappa shape index (κ1) is 12.3. The van der Waals surface area contributed by atoms with E-state index in [1.54, 1.807) is 6.20 Å². The van der Waals surface area contributed by atoms with E-state index in [0.717, 1.165) is 15.9 Å². The Morgan fingerprint density at radius 2 is 2.06 bits per heavy atom. The second kappa shape index (κ2) is 5.98. The summed E-state index contributed by atoms with van der Waals surface area (Å²) in [5.74, 6) is 1.22. The highest BCUT2D eigenvalue weighted by Gasteiger charge is 2.11. The summed E-state index contributed by atoms with van der Waals surface area (Å²) in [6.45, 7) is 0. The number of alkyl halides is 1. The number of benzene rings is 1. The van der Waals surface area contributed by atoms with Crippen LogP contribution >= 0.6 is 27.5 Å². The third kappa shape index (κ3) is 3.17. The summed E-state index contributed by atoms with van der Waals surface area (Å²) in [5, 5.41) is 3.28. The van der Waals surface area contributed by atoms with Gasteiger partial charge in [0.15, 0.2) is 0 Å². The van der Waals surface area contributed by atoms with E-state index in [1.165, 1.54) is 6.33 Å². The van der Waals surface area contributed by atoms with Crippen molar-refractivity contribution in [3.63, 3.8) is 0 Å². The van der Waals surface area contributed by atoms with Crippen LogP contribution in [-0.4, -0.2) is 15.8 Å². The summed E-state index contributed by atoms with van der Waals surface area (Å²) < 4.78 is 0.825. The van der Waals surface area contributed by atoms with Gasteiger partial charge in [-0.15, -0.1) is 11.6 Å². The minimum Gasteiger partial charge on any atom is -0.361 e. The molecule has 0 radical (unpaired) electrons. The van der Waals surface area contributed by atoms with Gasteiger partial charge in [0.05, 0.1) is 10.5 Å². The third-order valence-corrected chi connectivity index (χ3v) is 3.22. The van der Waals surface area contributed by atoms with Crippen LogP contribution in [0.1, 0.15) is 11.6 Å². The first-order valence-corrected chi connectivity index (χ1v) is 6.47. The van der Waals surface area contributed by atoms with Crippen molar-refractivity contribution in [3.8, 4) is 0 Å². The fraction of sp³-hybridized carbons (Fsp3) is 0.167. The van der Waals surface area contributed by atoms with Crippen molar-refractivity contribution in [2.75, 3.05) is 11.2 Å². The van der Waals surface area contributed by atoms with E-state index in [0.29, 0.717) is 5.88 Å². The molecule has 0 bridgehead atoms. The lowest BCUT2D eigenvalue weighted by Gasteiger charge is -2.17. The van der Waals surface area contributed by atoms with Crippen LogP contribution in [0, 0.1) is 0 Å². The lowest BCUT2D eigenvalue weighted by atomic mass is 10.1. The molecule has 88 valence electrons. The Morgan fingerprint density at radius 3 is 2.71 bits per heavy atom. The summed E-state index contributed by atoms with van der Waals surface area (Å²) in [4.78, 5) is 8.08. The van der Waals surface area contributed by atoms with E-state index in [9.17, 15) is 0 Å². The summed E-state index contributed by atoms with van der Waals surface area (Å²) in [5.41, 5.74) is 1.13. The molecule has 0 saturated carbocycles. The molecule has 1 atom stereocenters. The topological polar surface area (TPSA) is 37.8 Å². The second-order valence-corrected chi connectivity index (χ2v) is 4.64. The molecule has 0 saturated heterocycles. The Kier molecular flexibility index (Phi) is 4.34. The molecule has 0 aliphatic rings. The number of nitrogens with zero attached hydrogens (tertiary/aromatic N) is 2. The monoisotopic (exact) mass is 311 g/mol.